The van der Waals surface area contributed by atoms with Crippen LogP contribution < -0.4 is 19.3 Å². The summed E-state index contributed by atoms with van der Waals surface area (Å²) < 4.78 is 11.8. The summed E-state index contributed by atoms with van der Waals surface area (Å²) in [5.41, 5.74) is 4.51. The second kappa shape index (κ2) is 10.5. The molecule has 0 fully saturated rings. The summed E-state index contributed by atoms with van der Waals surface area (Å²) in [6.07, 6.45) is 1.83. The standard InChI is InChI=1S/C33H25BrN2O4/c1-39-27-18-13-21(20-28(27)40-2)19-26-29-30(22-14-16-23(34)17-15-22)35(24-9-5-3-6-10-24)33(38)31(29)36(32(26)37)25-11-7-4-8-12-25/h3-20,30H,1-2H3/b26-19-. The van der Waals surface area contributed by atoms with Gasteiger partial charge in [0.1, 0.15) is 5.70 Å². The van der Waals surface area contributed by atoms with Crippen LogP contribution in [0.25, 0.3) is 6.08 Å². The van der Waals surface area contributed by atoms with Crippen LogP contribution in [0.2, 0.25) is 0 Å². The Labute approximate surface area is 240 Å². The van der Waals surface area contributed by atoms with Crippen LogP contribution in [-0.4, -0.2) is 26.0 Å². The number of halogens is 1. The highest BCUT2D eigenvalue weighted by molar-refractivity contribution is 9.10. The first-order valence-corrected chi connectivity index (χ1v) is 13.5. The van der Waals surface area contributed by atoms with Gasteiger partial charge in [0.2, 0.25) is 0 Å². The maximum absolute atomic E-state index is 14.4. The van der Waals surface area contributed by atoms with E-state index in [0.717, 1.165) is 21.3 Å². The number of carbonyl (C=O) groups is 2. The number of benzene rings is 4. The number of rotatable bonds is 6. The van der Waals surface area contributed by atoms with Gasteiger partial charge in [0.05, 0.1) is 20.3 Å². The highest BCUT2D eigenvalue weighted by atomic mass is 79.9. The van der Waals surface area contributed by atoms with Crippen molar-refractivity contribution in [1.82, 2.24) is 0 Å². The van der Waals surface area contributed by atoms with Gasteiger partial charge in [-0.15, -0.1) is 0 Å². The minimum Gasteiger partial charge on any atom is -0.493 e. The number of nitrogens with zero attached hydrogens (tertiary/aromatic N) is 2. The lowest BCUT2D eigenvalue weighted by Gasteiger charge is -2.30. The number of hydrogen-bond donors (Lipinski definition) is 0. The van der Waals surface area contributed by atoms with E-state index < -0.39 is 6.04 Å². The minimum atomic E-state index is -0.512. The SMILES string of the molecule is COc1ccc(/C=C2\C(=O)N(c3ccccc3)C3=C2C(c2ccc(Br)cc2)N(c2ccccc2)C3=O)cc1OC. The number of hydrogen-bond acceptors (Lipinski definition) is 4. The summed E-state index contributed by atoms with van der Waals surface area (Å²) >= 11 is 3.53. The van der Waals surface area contributed by atoms with E-state index in [2.05, 4.69) is 15.9 Å². The maximum atomic E-state index is 14.4. The second-order valence-electron chi connectivity index (χ2n) is 9.38. The molecule has 0 saturated carbocycles. The summed E-state index contributed by atoms with van der Waals surface area (Å²) in [7, 11) is 3.15. The molecule has 2 heterocycles. The zero-order valence-corrected chi connectivity index (χ0v) is 23.5. The van der Waals surface area contributed by atoms with Crippen molar-refractivity contribution < 1.29 is 19.1 Å². The fraction of sp³-hybridized carbons (Fsp3) is 0.0909. The van der Waals surface area contributed by atoms with Crippen molar-refractivity contribution in [2.24, 2.45) is 0 Å². The summed E-state index contributed by atoms with van der Waals surface area (Å²) in [5.74, 6) is 0.651. The smallest absolute Gasteiger partial charge is 0.276 e. The third kappa shape index (κ3) is 4.28. The molecular formula is C33H25BrN2O4. The predicted octanol–water partition coefficient (Wildman–Crippen LogP) is 6.94. The maximum Gasteiger partial charge on any atom is 0.276 e. The molecule has 0 radical (unpaired) electrons. The van der Waals surface area contributed by atoms with Crippen LogP contribution in [0.15, 0.2) is 124 Å². The Bertz CT molecular complexity index is 1660. The Morgan fingerprint density at radius 1 is 0.725 bits per heavy atom. The number of methoxy groups -OCH3 is 2. The topological polar surface area (TPSA) is 59.1 Å². The monoisotopic (exact) mass is 592 g/mol. The zero-order chi connectivity index (χ0) is 27.8. The molecule has 0 aliphatic carbocycles. The molecule has 2 amide bonds. The van der Waals surface area contributed by atoms with Gasteiger partial charge in [-0.3, -0.25) is 19.4 Å². The molecule has 0 spiro atoms. The molecule has 4 aromatic rings. The molecule has 2 aliphatic heterocycles. The molecule has 40 heavy (non-hydrogen) atoms. The first-order valence-electron chi connectivity index (χ1n) is 12.7. The van der Waals surface area contributed by atoms with Crippen LogP contribution in [0.5, 0.6) is 11.5 Å². The molecule has 0 aromatic heterocycles. The molecule has 1 unspecified atom stereocenters. The Balaban J connectivity index is 1.60. The number of para-hydroxylation sites is 2. The van der Waals surface area contributed by atoms with E-state index in [1.807, 2.05) is 103 Å². The molecule has 0 bridgehead atoms. The number of carbonyl (C=O) groups excluding carboxylic acids is 2. The third-order valence-corrected chi connectivity index (χ3v) is 7.64. The van der Waals surface area contributed by atoms with E-state index in [1.165, 1.54) is 0 Å². The lowest BCUT2D eigenvalue weighted by molar-refractivity contribution is -0.118. The van der Waals surface area contributed by atoms with Crippen molar-refractivity contribution in [2.45, 2.75) is 6.04 Å². The van der Waals surface area contributed by atoms with Crippen LogP contribution >= 0.6 is 15.9 Å². The molecule has 2 aliphatic rings. The van der Waals surface area contributed by atoms with Gasteiger partial charge in [-0.1, -0.05) is 70.5 Å². The summed E-state index contributed by atoms with van der Waals surface area (Å²) in [6, 6.07) is 31.7. The van der Waals surface area contributed by atoms with E-state index >= 15 is 0 Å². The molecule has 1 atom stereocenters. The first-order chi connectivity index (χ1) is 19.5. The summed E-state index contributed by atoms with van der Waals surface area (Å²) in [4.78, 5) is 31.9. The van der Waals surface area contributed by atoms with Crippen molar-refractivity contribution >= 4 is 45.2 Å². The molecule has 0 N–H and O–H groups in total. The van der Waals surface area contributed by atoms with Gasteiger partial charge in [-0.25, -0.2) is 0 Å². The normalized spacial score (nSPS) is 17.6. The molecule has 6 rings (SSSR count). The van der Waals surface area contributed by atoms with E-state index in [-0.39, 0.29) is 11.8 Å². The first kappa shape index (κ1) is 25.6. The molecule has 4 aromatic carbocycles. The van der Waals surface area contributed by atoms with Crippen LogP contribution in [0.4, 0.5) is 11.4 Å². The van der Waals surface area contributed by atoms with Crippen LogP contribution in [0, 0.1) is 0 Å². The van der Waals surface area contributed by atoms with Gasteiger partial charge in [-0.05, 0) is 65.7 Å². The fourth-order valence-electron chi connectivity index (χ4n) is 5.32. The number of amides is 2. The number of ether oxygens (including phenoxy) is 2. The van der Waals surface area contributed by atoms with Gasteiger partial charge in [0.25, 0.3) is 11.8 Å². The van der Waals surface area contributed by atoms with Gasteiger partial charge in [0, 0.05) is 27.0 Å². The highest BCUT2D eigenvalue weighted by Gasteiger charge is 2.52. The largest absolute Gasteiger partial charge is 0.493 e. The lowest BCUT2D eigenvalue weighted by atomic mass is 9.93. The minimum absolute atomic E-state index is 0.234. The Hall–Kier alpha value is -4.62. The highest BCUT2D eigenvalue weighted by Crippen LogP contribution is 2.50. The quantitative estimate of drug-likeness (QED) is 0.228. The van der Waals surface area contributed by atoms with Crippen molar-refractivity contribution in [3.8, 4) is 11.5 Å². The van der Waals surface area contributed by atoms with Gasteiger partial charge < -0.3 is 9.47 Å². The van der Waals surface area contributed by atoms with Gasteiger partial charge >= 0.3 is 0 Å². The molecule has 198 valence electrons. The van der Waals surface area contributed by atoms with Crippen molar-refractivity contribution in [3.63, 3.8) is 0 Å². The Morgan fingerprint density at radius 2 is 1.35 bits per heavy atom. The summed E-state index contributed by atoms with van der Waals surface area (Å²) in [5, 5.41) is 0. The average Bonchev–Trinajstić information content (AvgIpc) is 3.44. The average molecular weight is 593 g/mol. The molecular weight excluding hydrogens is 568 g/mol. The molecule has 7 heteroatoms. The van der Waals surface area contributed by atoms with Crippen molar-refractivity contribution in [3.05, 3.63) is 136 Å². The van der Waals surface area contributed by atoms with E-state index in [9.17, 15) is 9.59 Å². The van der Waals surface area contributed by atoms with Crippen LogP contribution in [0.3, 0.4) is 0 Å². The van der Waals surface area contributed by atoms with Crippen LogP contribution in [-0.2, 0) is 9.59 Å². The van der Waals surface area contributed by atoms with Gasteiger partial charge in [-0.2, -0.15) is 0 Å². The lowest BCUT2D eigenvalue weighted by Crippen LogP contribution is -2.38. The summed E-state index contributed by atoms with van der Waals surface area (Å²) in [6.45, 7) is 0. The van der Waals surface area contributed by atoms with Gasteiger partial charge in [0.15, 0.2) is 11.5 Å². The van der Waals surface area contributed by atoms with Crippen molar-refractivity contribution in [2.75, 3.05) is 24.0 Å². The fourth-order valence-corrected chi connectivity index (χ4v) is 5.59. The third-order valence-electron chi connectivity index (χ3n) is 7.11. The van der Waals surface area contributed by atoms with Crippen molar-refractivity contribution in [1.29, 1.82) is 0 Å². The molecule has 0 saturated heterocycles. The second-order valence-corrected chi connectivity index (χ2v) is 10.3. The number of anilines is 2. The Morgan fingerprint density at radius 3 is 1.98 bits per heavy atom. The van der Waals surface area contributed by atoms with E-state index in [4.69, 9.17) is 9.47 Å². The molecule has 6 nitrogen and oxygen atoms in total. The Kier molecular flexibility index (Phi) is 6.74. The van der Waals surface area contributed by atoms with Crippen LogP contribution in [0.1, 0.15) is 17.2 Å². The predicted molar refractivity (Wildman–Crippen MR) is 159 cm³/mol. The van der Waals surface area contributed by atoms with E-state index in [1.54, 1.807) is 30.1 Å². The zero-order valence-electron chi connectivity index (χ0n) is 21.9. The van der Waals surface area contributed by atoms with E-state index in [0.29, 0.717) is 34.0 Å².